The van der Waals surface area contributed by atoms with Crippen molar-refractivity contribution in [3.05, 3.63) is 59.7 Å². The molecular formula is C14H13ClO2. The lowest BCUT2D eigenvalue weighted by atomic mass is 10.2. The molecule has 0 fully saturated rings. The third kappa shape index (κ3) is 3.40. The van der Waals surface area contributed by atoms with Crippen molar-refractivity contribution in [1.29, 1.82) is 0 Å². The normalized spacial score (nSPS) is 10.2. The second-order valence-electron chi connectivity index (χ2n) is 3.74. The summed E-state index contributed by atoms with van der Waals surface area (Å²) in [5, 5.41) is 9.32. The van der Waals surface area contributed by atoms with Crippen LogP contribution >= 0.6 is 11.6 Å². The summed E-state index contributed by atoms with van der Waals surface area (Å²) in [6, 6.07) is 14.7. The van der Waals surface area contributed by atoms with Gasteiger partial charge in [0.25, 0.3) is 0 Å². The Kier molecular flexibility index (Phi) is 3.89. The van der Waals surface area contributed by atoms with Gasteiger partial charge in [0.1, 0.15) is 18.1 Å². The number of halogens is 1. The minimum Gasteiger partial charge on any atom is -0.508 e. The molecule has 2 aromatic carbocycles. The molecule has 2 rings (SSSR count). The molecule has 1 N–H and O–H groups in total. The molecule has 0 atom stereocenters. The van der Waals surface area contributed by atoms with Crippen LogP contribution in [-0.2, 0) is 12.5 Å². The summed E-state index contributed by atoms with van der Waals surface area (Å²) in [6.45, 7) is 0.431. The molecule has 0 saturated carbocycles. The van der Waals surface area contributed by atoms with E-state index < -0.39 is 0 Å². The first kappa shape index (κ1) is 11.8. The minimum absolute atomic E-state index is 0.251. The third-order valence-electron chi connectivity index (χ3n) is 2.37. The van der Waals surface area contributed by atoms with Crippen molar-refractivity contribution in [2.24, 2.45) is 0 Å². The summed E-state index contributed by atoms with van der Waals surface area (Å²) in [4.78, 5) is 0. The second kappa shape index (κ2) is 5.60. The van der Waals surface area contributed by atoms with E-state index in [0.717, 1.165) is 16.9 Å². The van der Waals surface area contributed by atoms with Gasteiger partial charge in [0.15, 0.2) is 0 Å². The van der Waals surface area contributed by atoms with Gasteiger partial charge in [-0.2, -0.15) is 0 Å². The van der Waals surface area contributed by atoms with Gasteiger partial charge >= 0.3 is 0 Å². The molecule has 0 aliphatic rings. The summed E-state index contributed by atoms with van der Waals surface area (Å²) in [5.74, 6) is 1.51. The molecule has 0 unspecified atom stereocenters. The van der Waals surface area contributed by atoms with Crippen molar-refractivity contribution in [1.82, 2.24) is 0 Å². The van der Waals surface area contributed by atoms with E-state index in [1.165, 1.54) is 0 Å². The molecule has 3 heteroatoms. The highest BCUT2D eigenvalue weighted by Gasteiger charge is 1.98. The van der Waals surface area contributed by atoms with Crippen molar-refractivity contribution in [3.63, 3.8) is 0 Å². The Labute approximate surface area is 105 Å². The molecular weight excluding hydrogens is 236 g/mol. The van der Waals surface area contributed by atoms with Crippen molar-refractivity contribution >= 4 is 11.6 Å². The van der Waals surface area contributed by atoms with Crippen LogP contribution in [0.1, 0.15) is 11.1 Å². The lowest BCUT2D eigenvalue weighted by Crippen LogP contribution is -1.95. The van der Waals surface area contributed by atoms with E-state index in [4.69, 9.17) is 16.3 Å². The molecule has 2 nitrogen and oxygen atoms in total. The standard InChI is InChI=1S/C14H13ClO2/c15-9-11-3-2-6-14(8-11)17-10-12-4-1-5-13(16)7-12/h1-8,16H,9-10H2. The maximum atomic E-state index is 9.32. The lowest BCUT2D eigenvalue weighted by molar-refractivity contribution is 0.305. The van der Waals surface area contributed by atoms with Crippen molar-refractivity contribution in [2.45, 2.75) is 12.5 Å². The van der Waals surface area contributed by atoms with Gasteiger partial charge in [0.2, 0.25) is 0 Å². The van der Waals surface area contributed by atoms with E-state index in [1.807, 2.05) is 30.3 Å². The minimum atomic E-state index is 0.251. The fraction of sp³-hybridized carbons (Fsp3) is 0.143. The molecule has 0 bridgehead atoms. The van der Waals surface area contributed by atoms with Crippen molar-refractivity contribution in [3.8, 4) is 11.5 Å². The van der Waals surface area contributed by atoms with E-state index in [9.17, 15) is 5.11 Å². The highest BCUT2D eigenvalue weighted by atomic mass is 35.5. The number of ether oxygens (including phenoxy) is 1. The maximum Gasteiger partial charge on any atom is 0.120 e. The van der Waals surface area contributed by atoms with Gasteiger partial charge in [-0.15, -0.1) is 11.6 Å². The Morgan fingerprint density at radius 2 is 1.76 bits per heavy atom. The number of phenols is 1. The van der Waals surface area contributed by atoms with E-state index in [1.54, 1.807) is 18.2 Å². The third-order valence-corrected chi connectivity index (χ3v) is 2.68. The molecule has 0 spiro atoms. The van der Waals surface area contributed by atoms with E-state index in [2.05, 4.69) is 0 Å². The van der Waals surface area contributed by atoms with E-state index in [-0.39, 0.29) is 5.75 Å². The molecule has 17 heavy (non-hydrogen) atoms. The van der Waals surface area contributed by atoms with Crippen LogP contribution in [0.4, 0.5) is 0 Å². The molecule has 0 aliphatic carbocycles. The van der Waals surface area contributed by atoms with Crippen molar-refractivity contribution < 1.29 is 9.84 Å². The van der Waals surface area contributed by atoms with Gasteiger partial charge in [-0.05, 0) is 35.4 Å². The summed E-state index contributed by atoms with van der Waals surface area (Å²) in [6.07, 6.45) is 0. The number of alkyl halides is 1. The first-order valence-electron chi connectivity index (χ1n) is 5.33. The Morgan fingerprint density at radius 1 is 1.00 bits per heavy atom. The Balaban J connectivity index is 2.02. The average Bonchev–Trinajstić information content (AvgIpc) is 2.37. The van der Waals surface area contributed by atoms with Crippen LogP contribution in [0.25, 0.3) is 0 Å². The predicted octanol–water partition coefficient (Wildman–Crippen LogP) is 3.71. The van der Waals surface area contributed by atoms with Gasteiger partial charge < -0.3 is 9.84 Å². The largest absolute Gasteiger partial charge is 0.508 e. The second-order valence-corrected chi connectivity index (χ2v) is 4.01. The van der Waals surface area contributed by atoms with Crippen LogP contribution in [0.15, 0.2) is 48.5 Å². The number of phenolic OH excluding ortho intramolecular Hbond substituents is 1. The van der Waals surface area contributed by atoms with Crippen LogP contribution in [0.3, 0.4) is 0 Å². The van der Waals surface area contributed by atoms with E-state index >= 15 is 0 Å². The average molecular weight is 249 g/mol. The Bertz CT molecular complexity index is 497. The Hall–Kier alpha value is -1.67. The van der Waals surface area contributed by atoms with E-state index in [0.29, 0.717) is 12.5 Å². The molecule has 0 aliphatic heterocycles. The quantitative estimate of drug-likeness (QED) is 0.836. The van der Waals surface area contributed by atoms with Gasteiger partial charge in [-0.25, -0.2) is 0 Å². The lowest BCUT2D eigenvalue weighted by Gasteiger charge is -2.07. The van der Waals surface area contributed by atoms with Gasteiger partial charge in [0, 0.05) is 5.88 Å². The van der Waals surface area contributed by atoms with Crippen molar-refractivity contribution in [2.75, 3.05) is 0 Å². The fourth-order valence-electron chi connectivity index (χ4n) is 1.53. The SMILES string of the molecule is Oc1cccc(COc2cccc(CCl)c2)c1. The number of hydrogen-bond donors (Lipinski definition) is 1. The molecule has 0 aromatic heterocycles. The molecule has 88 valence electrons. The number of benzene rings is 2. The van der Waals surface area contributed by atoms with Gasteiger partial charge in [-0.3, -0.25) is 0 Å². The first-order valence-corrected chi connectivity index (χ1v) is 5.87. The van der Waals surface area contributed by atoms with Crippen LogP contribution in [0, 0.1) is 0 Å². The zero-order chi connectivity index (χ0) is 12.1. The van der Waals surface area contributed by atoms with Gasteiger partial charge in [0.05, 0.1) is 0 Å². The summed E-state index contributed by atoms with van der Waals surface area (Å²) in [5.41, 5.74) is 1.96. The monoisotopic (exact) mass is 248 g/mol. The first-order chi connectivity index (χ1) is 8.28. The fourth-order valence-corrected chi connectivity index (χ4v) is 1.70. The molecule has 0 amide bonds. The topological polar surface area (TPSA) is 29.5 Å². The molecule has 0 saturated heterocycles. The summed E-state index contributed by atoms with van der Waals surface area (Å²) >= 11 is 5.75. The Morgan fingerprint density at radius 3 is 2.53 bits per heavy atom. The van der Waals surface area contributed by atoms with Crippen LogP contribution in [-0.4, -0.2) is 5.11 Å². The van der Waals surface area contributed by atoms with Crippen LogP contribution in [0.5, 0.6) is 11.5 Å². The predicted molar refractivity (Wildman–Crippen MR) is 68.4 cm³/mol. The number of aromatic hydroxyl groups is 1. The number of hydrogen-bond acceptors (Lipinski definition) is 2. The maximum absolute atomic E-state index is 9.32. The number of rotatable bonds is 4. The molecule has 2 aromatic rings. The molecule has 0 heterocycles. The van der Waals surface area contributed by atoms with Crippen LogP contribution < -0.4 is 4.74 Å². The zero-order valence-corrected chi connectivity index (χ0v) is 10.0. The summed E-state index contributed by atoms with van der Waals surface area (Å²) in [7, 11) is 0. The smallest absolute Gasteiger partial charge is 0.120 e. The zero-order valence-electron chi connectivity index (χ0n) is 9.27. The highest BCUT2D eigenvalue weighted by molar-refractivity contribution is 6.17. The van der Waals surface area contributed by atoms with Gasteiger partial charge in [-0.1, -0.05) is 24.3 Å². The van der Waals surface area contributed by atoms with Crippen LogP contribution in [0.2, 0.25) is 0 Å². The summed E-state index contributed by atoms with van der Waals surface area (Å²) < 4.78 is 5.62. The highest BCUT2D eigenvalue weighted by Crippen LogP contribution is 2.17. The molecule has 0 radical (unpaired) electrons.